The summed E-state index contributed by atoms with van der Waals surface area (Å²) in [6, 6.07) is 17.4. The molecular formula is C23H21N5O2. The molecule has 1 aliphatic heterocycles. The number of benzene rings is 2. The molecule has 30 heavy (non-hydrogen) atoms. The topological polar surface area (TPSA) is 82.4 Å². The van der Waals surface area contributed by atoms with Gasteiger partial charge in [-0.25, -0.2) is 4.98 Å². The number of nitrogens with zero attached hydrogens (tertiary/aromatic N) is 5. The van der Waals surface area contributed by atoms with Crippen molar-refractivity contribution in [3.8, 4) is 11.8 Å². The highest BCUT2D eigenvalue weighted by Crippen LogP contribution is 2.21. The lowest BCUT2D eigenvalue weighted by Crippen LogP contribution is -2.49. The van der Waals surface area contributed by atoms with E-state index < -0.39 is 0 Å². The van der Waals surface area contributed by atoms with Crippen molar-refractivity contribution in [1.29, 1.82) is 5.26 Å². The van der Waals surface area contributed by atoms with Gasteiger partial charge in [-0.05, 0) is 42.5 Å². The molecule has 1 aromatic heterocycles. The average molecular weight is 399 g/mol. The third-order valence-corrected chi connectivity index (χ3v) is 5.11. The highest BCUT2D eigenvalue weighted by atomic mass is 16.5. The third-order valence-electron chi connectivity index (χ3n) is 5.11. The summed E-state index contributed by atoms with van der Waals surface area (Å²) in [5.74, 6) is 0.537. The Hall–Kier alpha value is -3.92. The third kappa shape index (κ3) is 4.08. The Morgan fingerprint density at radius 2 is 1.77 bits per heavy atom. The number of para-hydroxylation sites is 2. The van der Waals surface area contributed by atoms with E-state index in [2.05, 4.69) is 14.9 Å². The predicted octanol–water partition coefficient (Wildman–Crippen LogP) is 2.89. The van der Waals surface area contributed by atoms with Crippen LogP contribution in [0, 0.1) is 11.3 Å². The summed E-state index contributed by atoms with van der Waals surface area (Å²) in [4.78, 5) is 25.6. The highest BCUT2D eigenvalue weighted by molar-refractivity contribution is 6.01. The Bertz CT molecular complexity index is 1130. The molecule has 4 rings (SSSR count). The molecule has 150 valence electrons. The lowest BCUT2D eigenvalue weighted by Gasteiger charge is -2.36. The maximum atomic E-state index is 12.9. The molecule has 7 heteroatoms. The van der Waals surface area contributed by atoms with Gasteiger partial charge in [0.1, 0.15) is 17.4 Å². The number of hydrogen-bond acceptors (Lipinski definition) is 6. The minimum absolute atomic E-state index is 0.0671. The molecule has 1 saturated heterocycles. The molecule has 0 spiro atoms. The Kier molecular flexibility index (Phi) is 5.57. The summed E-state index contributed by atoms with van der Waals surface area (Å²) in [7, 11) is 1.64. The molecule has 0 atom stereocenters. The number of carbonyl (C=O) groups is 1. The average Bonchev–Trinajstić information content (AvgIpc) is 2.82. The number of anilines is 1. The van der Waals surface area contributed by atoms with E-state index in [-0.39, 0.29) is 11.5 Å². The molecule has 0 radical (unpaired) electrons. The highest BCUT2D eigenvalue weighted by Gasteiger charge is 2.24. The second-order valence-electron chi connectivity index (χ2n) is 6.93. The molecule has 7 nitrogen and oxygen atoms in total. The van der Waals surface area contributed by atoms with Crippen molar-refractivity contribution in [2.24, 2.45) is 0 Å². The molecule has 0 unspecified atom stereocenters. The minimum Gasteiger partial charge on any atom is -0.497 e. The van der Waals surface area contributed by atoms with Gasteiger partial charge in [0.15, 0.2) is 0 Å². The monoisotopic (exact) mass is 399 g/mol. The minimum atomic E-state index is -0.276. The quantitative estimate of drug-likeness (QED) is 0.496. The number of ether oxygens (including phenoxy) is 1. The smallest absolute Gasteiger partial charge is 0.264 e. The molecule has 1 fully saturated rings. The van der Waals surface area contributed by atoms with E-state index in [0.29, 0.717) is 31.9 Å². The van der Waals surface area contributed by atoms with E-state index in [1.807, 2.05) is 54.6 Å². The molecule has 0 aliphatic carbocycles. The van der Waals surface area contributed by atoms with Crippen molar-refractivity contribution in [2.75, 3.05) is 38.2 Å². The number of hydrogen-bond donors (Lipinski definition) is 0. The van der Waals surface area contributed by atoms with Gasteiger partial charge in [-0.1, -0.05) is 12.1 Å². The molecule has 0 bridgehead atoms. The van der Waals surface area contributed by atoms with Crippen LogP contribution in [0.25, 0.3) is 17.1 Å². The van der Waals surface area contributed by atoms with Crippen molar-refractivity contribution in [1.82, 2.24) is 14.9 Å². The summed E-state index contributed by atoms with van der Waals surface area (Å²) in [5.41, 5.74) is 3.15. The number of aromatic nitrogens is 2. The van der Waals surface area contributed by atoms with Gasteiger partial charge in [0.2, 0.25) is 0 Å². The zero-order chi connectivity index (χ0) is 20.9. The van der Waals surface area contributed by atoms with Crippen molar-refractivity contribution >= 4 is 28.7 Å². The van der Waals surface area contributed by atoms with Gasteiger partial charge < -0.3 is 14.5 Å². The van der Waals surface area contributed by atoms with E-state index in [1.165, 1.54) is 6.08 Å². The summed E-state index contributed by atoms with van der Waals surface area (Å²) in [5, 5.41) is 9.54. The molecule has 3 aromatic rings. The van der Waals surface area contributed by atoms with E-state index in [0.717, 1.165) is 22.5 Å². The van der Waals surface area contributed by atoms with Crippen molar-refractivity contribution in [2.45, 2.75) is 0 Å². The molecule has 0 saturated carbocycles. The van der Waals surface area contributed by atoms with Gasteiger partial charge in [-0.3, -0.25) is 9.78 Å². The first-order chi connectivity index (χ1) is 14.7. The number of methoxy groups -OCH3 is 1. The first-order valence-electron chi connectivity index (χ1n) is 9.70. The van der Waals surface area contributed by atoms with Gasteiger partial charge in [-0.2, -0.15) is 5.26 Å². The van der Waals surface area contributed by atoms with Crippen LogP contribution in [-0.4, -0.2) is 54.1 Å². The predicted molar refractivity (Wildman–Crippen MR) is 115 cm³/mol. The van der Waals surface area contributed by atoms with Crippen LogP contribution in [0.5, 0.6) is 5.75 Å². The van der Waals surface area contributed by atoms with Gasteiger partial charge >= 0.3 is 0 Å². The summed E-state index contributed by atoms with van der Waals surface area (Å²) < 4.78 is 5.20. The van der Waals surface area contributed by atoms with Crippen LogP contribution < -0.4 is 9.64 Å². The Labute approximate surface area is 174 Å². The van der Waals surface area contributed by atoms with E-state index in [4.69, 9.17) is 4.74 Å². The van der Waals surface area contributed by atoms with Gasteiger partial charge in [0.25, 0.3) is 5.91 Å². The van der Waals surface area contributed by atoms with Gasteiger partial charge in [0, 0.05) is 31.9 Å². The zero-order valence-corrected chi connectivity index (χ0v) is 16.7. The van der Waals surface area contributed by atoms with Crippen LogP contribution in [0.4, 0.5) is 5.69 Å². The lowest BCUT2D eigenvalue weighted by molar-refractivity contribution is -0.126. The second-order valence-corrected chi connectivity index (χ2v) is 6.93. The normalized spacial score (nSPS) is 14.5. The molecule has 0 N–H and O–H groups in total. The maximum absolute atomic E-state index is 12.9. The van der Waals surface area contributed by atoms with Crippen LogP contribution in [0.3, 0.4) is 0 Å². The van der Waals surface area contributed by atoms with Crippen LogP contribution in [0.1, 0.15) is 5.69 Å². The van der Waals surface area contributed by atoms with Crippen molar-refractivity contribution < 1.29 is 9.53 Å². The number of rotatable bonds is 4. The molecule has 1 aliphatic rings. The van der Waals surface area contributed by atoms with E-state index in [1.54, 1.807) is 18.2 Å². The summed E-state index contributed by atoms with van der Waals surface area (Å²) in [6.07, 6.45) is 3.09. The van der Waals surface area contributed by atoms with Gasteiger partial charge in [-0.15, -0.1) is 0 Å². The molecular weight excluding hydrogens is 378 g/mol. The van der Waals surface area contributed by atoms with E-state index in [9.17, 15) is 10.1 Å². The largest absolute Gasteiger partial charge is 0.497 e. The Morgan fingerprint density at radius 3 is 2.43 bits per heavy atom. The Morgan fingerprint density at radius 1 is 1.07 bits per heavy atom. The fourth-order valence-electron chi connectivity index (χ4n) is 3.46. The number of amides is 1. The van der Waals surface area contributed by atoms with Crippen molar-refractivity contribution in [3.05, 3.63) is 66.0 Å². The van der Waals surface area contributed by atoms with Crippen molar-refractivity contribution in [3.63, 3.8) is 0 Å². The number of nitriles is 1. The van der Waals surface area contributed by atoms with Crippen LogP contribution in [0.15, 0.2) is 60.3 Å². The van der Waals surface area contributed by atoms with Crippen LogP contribution >= 0.6 is 0 Å². The fourth-order valence-corrected chi connectivity index (χ4v) is 3.46. The van der Waals surface area contributed by atoms with Gasteiger partial charge in [0.05, 0.1) is 30.0 Å². The fraction of sp³-hybridized carbons (Fsp3) is 0.217. The lowest BCUT2D eigenvalue weighted by atomic mass is 10.1. The first kappa shape index (κ1) is 19.4. The number of carbonyl (C=O) groups excluding carboxylic acids is 1. The number of piperazine rings is 1. The maximum Gasteiger partial charge on any atom is 0.264 e. The first-order valence-corrected chi connectivity index (χ1v) is 9.70. The molecule has 1 amide bonds. The summed E-state index contributed by atoms with van der Waals surface area (Å²) in [6.45, 7) is 2.50. The van der Waals surface area contributed by atoms with E-state index >= 15 is 0 Å². The SMILES string of the molecule is COc1ccc(N2CCN(C(=O)/C(C#N)=C/c3cnc4ccccc4n3)CC2)cc1. The second kappa shape index (κ2) is 8.62. The Balaban J connectivity index is 1.45. The molecule has 2 heterocycles. The molecule has 2 aromatic carbocycles. The summed E-state index contributed by atoms with van der Waals surface area (Å²) >= 11 is 0. The van der Waals surface area contributed by atoms with Crippen LogP contribution in [0.2, 0.25) is 0 Å². The number of fused-ring (bicyclic) bond motifs is 1. The standard InChI is InChI=1S/C23H21N5O2/c1-30-20-8-6-19(7-9-20)27-10-12-28(13-11-27)23(29)17(15-24)14-18-16-25-21-4-2-3-5-22(21)26-18/h2-9,14,16H,10-13H2,1H3/b17-14+. The van der Waals surface area contributed by atoms with Crippen LogP contribution in [-0.2, 0) is 4.79 Å². The zero-order valence-electron chi connectivity index (χ0n) is 16.7.